The topological polar surface area (TPSA) is 25.8 Å². The Bertz CT molecular complexity index is 917. The van der Waals surface area contributed by atoms with Crippen molar-refractivity contribution in [1.29, 1.82) is 0 Å². The van der Waals surface area contributed by atoms with E-state index in [-0.39, 0.29) is 5.82 Å². The van der Waals surface area contributed by atoms with E-state index < -0.39 is 0 Å². The number of benzene rings is 2. The molecule has 0 amide bonds. The van der Waals surface area contributed by atoms with Crippen LogP contribution in [-0.2, 0) is 12.8 Å². The van der Waals surface area contributed by atoms with Gasteiger partial charge < -0.3 is 0 Å². The largest absolute Gasteiger partial charge is 0.236 e. The van der Waals surface area contributed by atoms with E-state index in [9.17, 15) is 4.39 Å². The second kappa shape index (κ2) is 12.3. The molecular formula is C28H35FN2. The quantitative estimate of drug-likeness (QED) is 0.277. The van der Waals surface area contributed by atoms with Gasteiger partial charge in [-0.05, 0) is 48.4 Å². The van der Waals surface area contributed by atoms with Crippen LogP contribution in [0, 0.1) is 5.82 Å². The number of rotatable bonds is 12. The standard InChI is InChI=1S/C28H35FN2/c1-3-5-7-8-9-10-12-22-13-18-26(27(29)19-22)24-14-16-25(17-15-24)28-30-20-23(21-31-28)11-6-4-2/h13-21H,3-12H2,1-2H3. The zero-order chi connectivity index (χ0) is 21.9. The van der Waals surface area contributed by atoms with Crippen LogP contribution in [-0.4, -0.2) is 9.97 Å². The lowest BCUT2D eigenvalue weighted by Gasteiger charge is -2.08. The summed E-state index contributed by atoms with van der Waals surface area (Å²) in [5, 5.41) is 0. The molecule has 0 aliphatic carbocycles. The highest BCUT2D eigenvalue weighted by Crippen LogP contribution is 2.26. The molecule has 0 saturated carbocycles. The average molecular weight is 419 g/mol. The van der Waals surface area contributed by atoms with E-state index in [2.05, 4.69) is 29.9 Å². The summed E-state index contributed by atoms with van der Waals surface area (Å²) in [6.07, 6.45) is 15.7. The number of hydrogen-bond acceptors (Lipinski definition) is 2. The molecule has 0 radical (unpaired) electrons. The first kappa shape index (κ1) is 23.1. The van der Waals surface area contributed by atoms with Crippen LogP contribution in [0.1, 0.15) is 76.3 Å². The normalized spacial score (nSPS) is 11.1. The third-order valence-electron chi connectivity index (χ3n) is 5.83. The molecular weight excluding hydrogens is 383 g/mol. The molecule has 3 rings (SSSR count). The van der Waals surface area contributed by atoms with Gasteiger partial charge in [0.15, 0.2) is 5.82 Å². The third-order valence-corrected chi connectivity index (χ3v) is 5.83. The lowest BCUT2D eigenvalue weighted by Crippen LogP contribution is -1.93. The Balaban J connectivity index is 1.60. The number of halogens is 1. The SMILES string of the molecule is CCCCCCCCc1ccc(-c2ccc(-c3ncc(CCCC)cn3)cc2)c(F)c1. The van der Waals surface area contributed by atoms with Crippen molar-refractivity contribution in [3.8, 4) is 22.5 Å². The van der Waals surface area contributed by atoms with E-state index in [1.165, 1.54) is 44.1 Å². The molecule has 0 unspecified atom stereocenters. The zero-order valence-electron chi connectivity index (χ0n) is 19.0. The predicted octanol–water partition coefficient (Wildman–Crippen LogP) is 8.20. The number of unbranched alkanes of at least 4 members (excludes halogenated alkanes) is 6. The first-order valence-corrected chi connectivity index (χ1v) is 11.9. The van der Waals surface area contributed by atoms with Gasteiger partial charge in [0.2, 0.25) is 0 Å². The average Bonchev–Trinajstić information content (AvgIpc) is 2.81. The Kier molecular flexibility index (Phi) is 9.20. The monoisotopic (exact) mass is 418 g/mol. The highest BCUT2D eigenvalue weighted by Gasteiger charge is 2.08. The number of aryl methyl sites for hydroxylation is 2. The maximum atomic E-state index is 14.8. The summed E-state index contributed by atoms with van der Waals surface area (Å²) >= 11 is 0. The fourth-order valence-electron chi connectivity index (χ4n) is 3.87. The van der Waals surface area contributed by atoms with E-state index in [0.717, 1.165) is 42.4 Å². The van der Waals surface area contributed by atoms with Crippen molar-refractivity contribution in [3.63, 3.8) is 0 Å². The van der Waals surface area contributed by atoms with Crippen LogP contribution in [0.2, 0.25) is 0 Å². The van der Waals surface area contributed by atoms with Gasteiger partial charge in [-0.1, -0.05) is 88.8 Å². The Labute approximate surface area is 187 Å². The van der Waals surface area contributed by atoms with Crippen molar-refractivity contribution in [1.82, 2.24) is 9.97 Å². The van der Waals surface area contributed by atoms with Gasteiger partial charge in [-0.15, -0.1) is 0 Å². The first-order chi connectivity index (χ1) is 15.2. The molecule has 164 valence electrons. The van der Waals surface area contributed by atoms with E-state index in [1.54, 1.807) is 6.07 Å². The van der Waals surface area contributed by atoms with Gasteiger partial charge in [-0.2, -0.15) is 0 Å². The van der Waals surface area contributed by atoms with Crippen molar-refractivity contribution < 1.29 is 4.39 Å². The summed E-state index contributed by atoms with van der Waals surface area (Å²) in [6.45, 7) is 4.42. The molecule has 0 saturated heterocycles. The maximum Gasteiger partial charge on any atom is 0.159 e. The fourth-order valence-corrected chi connectivity index (χ4v) is 3.87. The predicted molar refractivity (Wildman–Crippen MR) is 129 cm³/mol. The molecule has 1 aromatic heterocycles. The summed E-state index contributed by atoms with van der Waals surface area (Å²) in [4.78, 5) is 9.00. The van der Waals surface area contributed by atoms with E-state index in [4.69, 9.17) is 0 Å². The van der Waals surface area contributed by atoms with Crippen molar-refractivity contribution in [2.75, 3.05) is 0 Å². The zero-order valence-corrected chi connectivity index (χ0v) is 19.0. The Morgan fingerprint density at radius 1 is 0.645 bits per heavy atom. The van der Waals surface area contributed by atoms with Gasteiger partial charge in [0.05, 0.1) is 0 Å². The summed E-state index contributed by atoms with van der Waals surface area (Å²) in [5.74, 6) is 0.564. The molecule has 2 aromatic carbocycles. The number of hydrogen-bond donors (Lipinski definition) is 0. The first-order valence-electron chi connectivity index (χ1n) is 11.9. The van der Waals surface area contributed by atoms with E-state index in [1.807, 2.05) is 42.7 Å². The minimum atomic E-state index is -0.146. The lowest BCUT2D eigenvalue weighted by atomic mass is 9.99. The third kappa shape index (κ3) is 6.99. The summed E-state index contributed by atoms with van der Waals surface area (Å²) in [6, 6.07) is 13.5. The summed E-state index contributed by atoms with van der Waals surface area (Å²) in [7, 11) is 0. The van der Waals surface area contributed by atoms with Gasteiger partial charge in [-0.25, -0.2) is 14.4 Å². The molecule has 0 aliphatic heterocycles. The Hall–Kier alpha value is -2.55. The molecule has 1 heterocycles. The maximum absolute atomic E-state index is 14.8. The van der Waals surface area contributed by atoms with Crippen molar-refractivity contribution in [2.24, 2.45) is 0 Å². The highest BCUT2D eigenvalue weighted by atomic mass is 19.1. The smallest absolute Gasteiger partial charge is 0.159 e. The summed E-state index contributed by atoms with van der Waals surface area (Å²) in [5.41, 5.74) is 4.74. The van der Waals surface area contributed by atoms with Gasteiger partial charge in [0.25, 0.3) is 0 Å². The molecule has 0 atom stereocenters. The van der Waals surface area contributed by atoms with Crippen LogP contribution in [0.3, 0.4) is 0 Å². The highest BCUT2D eigenvalue weighted by molar-refractivity contribution is 5.68. The van der Waals surface area contributed by atoms with Crippen LogP contribution >= 0.6 is 0 Å². The summed E-state index contributed by atoms with van der Waals surface area (Å²) < 4.78 is 14.8. The number of aromatic nitrogens is 2. The van der Waals surface area contributed by atoms with Crippen LogP contribution in [0.25, 0.3) is 22.5 Å². The minimum absolute atomic E-state index is 0.146. The fraction of sp³-hybridized carbons (Fsp3) is 0.429. The molecule has 0 fully saturated rings. The molecule has 0 aliphatic rings. The van der Waals surface area contributed by atoms with Gasteiger partial charge in [0, 0.05) is 23.5 Å². The Morgan fingerprint density at radius 3 is 1.94 bits per heavy atom. The minimum Gasteiger partial charge on any atom is -0.236 e. The molecule has 3 heteroatoms. The van der Waals surface area contributed by atoms with E-state index >= 15 is 0 Å². The van der Waals surface area contributed by atoms with Gasteiger partial charge in [0.1, 0.15) is 5.82 Å². The van der Waals surface area contributed by atoms with Crippen LogP contribution < -0.4 is 0 Å². The second-order valence-electron chi connectivity index (χ2n) is 8.43. The molecule has 0 bridgehead atoms. The molecule has 3 aromatic rings. The lowest BCUT2D eigenvalue weighted by molar-refractivity contribution is 0.603. The van der Waals surface area contributed by atoms with Crippen molar-refractivity contribution in [2.45, 2.75) is 78.1 Å². The molecule has 2 nitrogen and oxygen atoms in total. The molecule has 0 spiro atoms. The van der Waals surface area contributed by atoms with Crippen LogP contribution in [0.5, 0.6) is 0 Å². The molecule has 31 heavy (non-hydrogen) atoms. The van der Waals surface area contributed by atoms with Crippen molar-refractivity contribution >= 4 is 0 Å². The van der Waals surface area contributed by atoms with Crippen LogP contribution in [0.15, 0.2) is 54.9 Å². The van der Waals surface area contributed by atoms with Gasteiger partial charge >= 0.3 is 0 Å². The van der Waals surface area contributed by atoms with Crippen molar-refractivity contribution in [3.05, 3.63) is 71.8 Å². The second-order valence-corrected chi connectivity index (χ2v) is 8.43. The van der Waals surface area contributed by atoms with Crippen LogP contribution in [0.4, 0.5) is 4.39 Å². The van der Waals surface area contributed by atoms with E-state index in [0.29, 0.717) is 11.4 Å². The van der Waals surface area contributed by atoms with Gasteiger partial charge in [-0.3, -0.25) is 0 Å². The molecule has 0 N–H and O–H groups in total. The number of nitrogens with zero attached hydrogens (tertiary/aromatic N) is 2. The Morgan fingerprint density at radius 2 is 1.26 bits per heavy atom.